The Morgan fingerprint density at radius 2 is 2.17 bits per heavy atom. The maximum Gasteiger partial charge on any atom is 0.138 e. The molecular weight excluding hydrogens is 242 g/mol. The summed E-state index contributed by atoms with van der Waals surface area (Å²) in [5, 5.41) is 4.10. The highest BCUT2D eigenvalue weighted by atomic mass is 32.2. The van der Waals surface area contributed by atoms with E-state index in [4.69, 9.17) is 9.97 Å². The molecule has 0 amide bonds. The van der Waals surface area contributed by atoms with Gasteiger partial charge in [0.2, 0.25) is 0 Å². The molecule has 1 aromatic rings. The Hall–Kier alpha value is -0.610. The van der Waals surface area contributed by atoms with Gasteiger partial charge >= 0.3 is 0 Å². The number of nitrogens with one attached hydrogen (secondary N) is 1. The summed E-state index contributed by atoms with van der Waals surface area (Å²) in [6, 6.07) is 0. The summed E-state index contributed by atoms with van der Waals surface area (Å²) in [6.07, 6.45) is 3.26. The van der Waals surface area contributed by atoms with E-state index >= 15 is 0 Å². The largest absolute Gasteiger partial charge is 0.312 e. The maximum absolute atomic E-state index is 4.76. The summed E-state index contributed by atoms with van der Waals surface area (Å²) in [7, 11) is 0. The number of aromatic nitrogens is 2. The fourth-order valence-electron chi connectivity index (χ4n) is 2.16. The van der Waals surface area contributed by atoms with E-state index in [9.17, 15) is 0 Å². The van der Waals surface area contributed by atoms with Crippen LogP contribution in [0.25, 0.3) is 0 Å². The minimum absolute atomic E-state index is 0.691. The zero-order valence-corrected chi connectivity index (χ0v) is 12.4. The summed E-state index contributed by atoms with van der Waals surface area (Å²) < 4.78 is 0. The van der Waals surface area contributed by atoms with Gasteiger partial charge in [-0.2, -0.15) is 11.8 Å². The Morgan fingerprint density at radius 3 is 2.89 bits per heavy atom. The van der Waals surface area contributed by atoms with Crippen LogP contribution in [-0.2, 0) is 25.1 Å². The van der Waals surface area contributed by atoms with Crippen LogP contribution in [0.1, 0.15) is 50.0 Å². The first-order valence-electron chi connectivity index (χ1n) is 6.94. The molecule has 2 rings (SSSR count). The molecule has 0 radical (unpaired) electrons. The van der Waals surface area contributed by atoms with Crippen LogP contribution in [0.3, 0.4) is 0 Å². The van der Waals surface area contributed by atoms with E-state index in [1.807, 2.05) is 11.8 Å². The highest BCUT2D eigenvalue weighted by Gasteiger charge is 2.16. The molecule has 0 fully saturated rings. The monoisotopic (exact) mass is 265 g/mol. The van der Waals surface area contributed by atoms with Crippen LogP contribution in [0.5, 0.6) is 0 Å². The molecule has 18 heavy (non-hydrogen) atoms. The predicted molar refractivity (Wildman–Crippen MR) is 77.9 cm³/mol. The second kappa shape index (κ2) is 6.53. The number of thioether (sulfide) groups is 1. The molecule has 0 aromatic carbocycles. The van der Waals surface area contributed by atoms with Gasteiger partial charge in [0, 0.05) is 36.0 Å². The van der Waals surface area contributed by atoms with Gasteiger partial charge in [-0.15, -0.1) is 0 Å². The molecule has 100 valence electrons. The minimum atomic E-state index is 0.691. The molecule has 3 nitrogen and oxygen atoms in total. The minimum Gasteiger partial charge on any atom is -0.312 e. The van der Waals surface area contributed by atoms with Crippen molar-refractivity contribution in [2.75, 3.05) is 6.54 Å². The molecular formula is C14H23N3S. The van der Waals surface area contributed by atoms with Crippen LogP contribution < -0.4 is 5.32 Å². The van der Waals surface area contributed by atoms with Crippen molar-refractivity contribution in [1.82, 2.24) is 15.3 Å². The summed E-state index contributed by atoms with van der Waals surface area (Å²) in [6.45, 7) is 8.67. The van der Waals surface area contributed by atoms with Crippen molar-refractivity contribution < 1.29 is 0 Å². The topological polar surface area (TPSA) is 37.8 Å². The molecule has 2 heterocycles. The van der Waals surface area contributed by atoms with Crippen LogP contribution in [0, 0.1) is 0 Å². The molecule has 1 atom stereocenters. The Bertz CT molecular complexity index is 389. The van der Waals surface area contributed by atoms with Crippen molar-refractivity contribution in [2.45, 2.75) is 57.6 Å². The molecule has 1 unspecified atom stereocenters. The molecule has 1 aliphatic heterocycles. The van der Waals surface area contributed by atoms with Crippen molar-refractivity contribution in [2.24, 2.45) is 0 Å². The number of rotatable bonds is 5. The Labute approximate surface area is 114 Å². The second-order valence-electron chi connectivity index (χ2n) is 4.82. The zero-order valence-electron chi connectivity index (χ0n) is 11.6. The highest BCUT2D eigenvalue weighted by Crippen LogP contribution is 2.21. The van der Waals surface area contributed by atoms with Crippen LogP contribution >= 0.6 is 11.8 Å². The summed E-state index contributed by atoms with van der Waals surface area (Å²) in [5.41, 5.74) is 3.87. The molecule has 1 aromatic heterocycles. The smallest absolute Gasteiger partial charge is 0.138 e. The molecule has 0 bridgehead atoms. The summed E-state index contributed by atoms with van der Waals surface area (Å²) >= 11 is 1.96. The second-order valence-corrected chi connectivity index (χ2v) is 6.25. The maximum atomic E-state index is 4.76. The molecule has 1 aliphatic rings. The predicted octanol–water partition coefficient (Wildman–Crippen LogP) is 2.72. The first kappa shape index (κ1) is 13.8. The molecule has 0 spiro atoms. The van der Waals surface area contributed by atoms with Crippen LogP contribution in [-0.4, -0.2) is 21.8 Å². The summed E-state index contributed by atoms with van der Waals surface area (Å²) in [5.74, 6) is 1.97. The SMILES string of the molecule is CCc1nc(CSC(C)CC)nc2c1CNCC2. The van der Waals surface area contributed by atoms with E-state index in [1.54, 1.807) is 0 Å². The van der Waals surface area contributed by atoms with Gasteiger partial charge in [-0.3, -0.25) is 0 Å². The van der Waals surface area contributed by atoms with Crippen LogP contribution in [0.4, 0.5) is 0 Å². The van der Waals surface area contributed by atoms with E-state index < -0.39 is 0 Å². The van der Waals surface area contributed by atoms with Gasteiger partial charge in [0.15, 0.2) is 0 Å². The molecule has 0 saturated carbocycles. The first-order valence-corrected chi connectivity index (χ1v) is 7.99. The quantitative estimate of drug-likeness (QED) is 0.888. The fraction of sp³-hybridized carbons (Fsp3) is 0.714. The average Bonchev–Trinajstić information content (AvgIpc) is 2.43. The number of nitrogens with zero attached hydrogens (tertiary/aromatic N) is 2. The Balaban J connectivity index is 2.16. The first-order chi connectivity index (χ1) is 8.74. The van der Waals surface area contributed by atoms with E-state index in [-0.39, 0.29) is 0 Å². The number of aryl methyl sites for hydroxylation is 1. The standard InChI is InChI=1S/C14H23N3S/c1-4-10(3)18-9-14-16-12(5-2)11-8-15-7-6-13(11)17-14/h10,15H,4-9H2,1-3H3. The fourth-order valence-corrected chi connectivity index (χ4v) is 2.96. The van der Waals surface area contributed by atoms with Gasteiger partial charge in [0.25, 0.3) is 0 Å². The zero-order chi connectivity index (χ0) is 13.0. The van der Waals surface area contributed by atoms with Gasteiger partial charge in [-0.05, 0) is 12.8 Å². The highest BCUT2D eigenvalue weighted by molar-refractivity contribution is 7.99. The number of fused-ring (bicyclic) bond motifs is 1. The average molecular weight is 265 g/mol. The lowest BCUT2D eigenvalue weighted by molar-refractivity contribution is 0.613. The molecule has 0 aliphatic carbocycles. The van der Waals surface area contributed by atoms with E-state index in [1.165, 1.54) is 23.4 Å². The normalized spacial score (nSPS) is 16.4. The van der Waals surface area contributed by atoms with E-state index in [2.05, 4.69) is 26.1 Å². The number of hydrogen-bond acceptors (Lipinski definition) is 4. The van der Waals surface area contributed by atoms with E-state index in [0.29, 0.717) is 5.25 Å². The van der Waals surface area contributed by atoms with Crippen LogP contribution in [0.2, 0.25) is 0 Å². The summed E-state index contributed by atoms with van der Waals surface area (Å²) in [4.78, 5) is 9.50. The van der Waals surface area contributed by atoms with E-state index in [0.717, 1.165) is 37.5 Å². The molecule has 1 N–H and O–H groups in total. The Morgan fingerprint density at radius 1 is 1.33 bits per heavy atom. The number of hydrogen-bond donors (Lipinski definition) is 1. The lowest BCUT2D eigenvalue weighted by atomic mass is 10.0. The molecule has 4 heteroatoms. The van der Waals surface area contributed by atoms with Crippen LogP contribution in [0.15, 0.2) is 0 Å². The van der Waals surface area contributed by atoms with Gasteiger partial charge in [0.05, 0.1) is 11.4 Å². The van der Waals surface area contributed by atoms with Gasteiger partial charge in [-0.1, -0.05) is 20.8 Å². The van der Waals surface area contributed by atoms with Gasteiger partial charge < -0.3 is 5.32 Å². The third-order valence-corrected chi connectivity index (χ3v) is 4.80. The van der Waals surface area contributed by atoms with Gasteiger partial charge in [0.1, 0.15) is 5.82 Å². The third kappa shape index (κ3) is 3.23. The lowest BCUT2D eigenvalue weighted by Crippen LogP contribution is -2.27. The van der Waals surface area contributed by atoms with Crippen molar-refractivity contribution in [3.8, 4) is 0 Å². The van der Waals surface area contributed by atoms with Crippen molar-refractivity contribution in [1.29, 1.82) is 0 Å². The lowest BCUT2D eigenvalue weighted by Gasteiger charge is -2.20. The third-order valence-electron chi connectivity index (χ3n) is 3.47. The van der Waals surface area contributed by atoms with Crippen molar-refractivity contribution in [3.63, 3.8) is 0 Å². The van der Waals surface area contributed by atoms with Crippen molar-refractivity contribution in [3.05, 3.63) is 22.8 Å². The molecule has 0 saturated heterocycles. The Kier molecular flexibility index (Phi) is 5.01. The van der Waals surface area contributed by atoms with Crippen molar-refractivity contribution >= 4 is 11.8 Å². The van der Waals surface area contributed by atoms with Gasteiger partial charge in [-0.25, -0.2) is 9.97 Å².